The lowest BCUT2D eigenvalue weighted by molar-refractivity contribution is -0.123. The van der Waals surface area contributed by atoms with Gasteiger partial charge in [0.05, 0.1) is 0 Å². The van der Waals surface area contributed by atoms with Crippen molar-refractivity contribution in [2.45, 2.75) is 38.3 Å². The molecule has 2 atom stereocenters. The second-order valence-electron chi connectivity index (χ2n) is 6.96. The van der Waals surface area contributed by atoms with E-state index < -0.39 is 0 Å². The Labute approximate surface area is 142 Å². The molecule has 0 spiro atoms. The van der Waals surface area contributed by atoms with E-state index >= 15 is 0 Å². The van der Waals surface area contributed by atoms with Crippen LogP contribution in [0, 0.1) is 5.41 Å². The Morgan fingerprint density at radius 2 is 1.96 bits per heavy atom. The van der Waals surface area contributed by atoms with E-state index in [2.05, 4.69) is 28.4 Å². The summed E-state index contributed by atoms with van der Waals surface area (Å²) in [4.78, 5) is 12.4. The van der Waals surface area contributed by atoms with Crippen molar-refractivity contribution in [2.24, 2.45) is 5.41 Å². The minimum atomic E-state index is -0.194. The molecule has 0 bridgehead atoms. The summed E-state index contributed by atoms with van der Waals surface area (Å²) in [5.41, 5.74) is 7.67. The zero-order valence-corrected chi connectivity index (χ0v) is 14.2. The fraction of sp³-hybridized carbons (Fsp3) is 0.588. The van der Waals surface area contributed by atoms with Crippen LogP contribution in [-0.4, -0.2) is 31.6 Å². The number of piperidine rings is 1. The van der Waals surface area contributed by atoms with Gasteiger partial charge >= 0.3 is 0 Å². The van der Waals surface area contributed by atoms with E-state index in [-0.39, 0.29) is 23.4 Å². The standard InChI is InChI=1S/C17H25ClN4O/c1-17(6-8-19-9-7-17)11-20-16(23)15-10-14(21-22-15)12-2-4-13(18)5-3-12/h2-5,14-15,19,21-22H,6-11H2,1H3,(H,20,23). The van der Waals surface area contributed by atoms with Crippen LogP contribution in [0.4, 0.5) is 0 Å². The molecule has 3 rings (SSSR count). The number of rotatable bonds is 4. The number of benzene rings is 1. The van der Waals surface area contributed by atoms with Gasteiger partial charge in [0.2, 0.25) is 5.91 Å². The normalized spacial score (nSPS) is 26.9. The molecule has 4 N–H and O–H groups in total. The minimum absolute atomic E-state index is 0.0775. The third-order valence-electron chi connectivity index (χ3n) is 4.99. The smallest absolute Gasteiger partial charge is 0.238 e. The van der Waals surface area contributed by atoms with Gasteiger partial charge in [0.1, 0.15) is 6.04 Å². The average molecular weight is 337 g/mol. The Morgan fingerprint density at radius 3 is 2.65 bits per heavy atom. The number of carbonyl (C=O) groups is 1. The summed E-state index contributed by atoms with van der Waals surface area (Å²) in [7, 11) is 0. The lowest BCUT2D eigenvalue weighted by Gasteiger charge is -2.34. The van der Waals surface area contributed by atoms with Crippen molar-refractivity contribution < 1.29 is 4.79 Å². The summed E-state index contributed by atoms with van der Waals surface area (Å²) in [5, 5.41) is 7.22. The maximum Gasteiger partial charge on any atom is 0.238 e. The molecule has 2 aliphatic heterocycles. The molecule has 2 aliphatic rings. The molecule has 1 aromatic rings. The molecule has 0 aliphatic carbocycles. The quantitative estimate of drug-likeness (QED) is 0.676. The van der Waals surface area contributed by atoms with Crippen molar-refractivity contribution in [3.05, 3.63) is 34.9 Å². The molecule has 1 amide bonds. The molecule has 0 aromatic heterocycles. The van der Waals surface area contributed by atoms with Gasteiger partial charge in [-0.15, -0.1) is 0 Å². The number of nitrogens with one attached hydrogen (secondary N) is 4. The van der Waals surface area contributed by atoms with Crippen molar-refractivity contribution in [1.82, 2.24) is 21.5 Å². The molecular formula is C17H25ClN4O. The molecule has 126 valence electrons. The summed E-state index contributed by atoms with van der Waals surface area (Å²) in [5.74, 6) is 0.0775. The summed E-state index contributed by atoms with van der Waals surface area (Å²) in [6, 6.07) is 7.70. The summed E-state index contributed by atoms with van der Waals surface area (Å²) in [6.07, 6.45) is 2.96. The number of carbonyl (C=O) groups excluding carboxylic acids is 1. The molecule has 2 fully saturated rings. The zero-order valence-electron chi connectivity index (χ0n) is 13.5. The van der Waals surface area contributed by atoms with Gasteiger partial charge in [-0.25, -0.2) is 10.9 Å². The SMILES string of the molecule is CC1(CNC(=O)C2CC(c3ccc(Cl)cc3)NN2)CCNCC1. The minimum Gasteiger partial charge on any atom is -0.354 e. The fourth-order valence-corrected chi connectivity index (χ4v) is 3.40. The summed E-state index contributed by atoms with van der Waals surface area (Å²) >= 11 is 5.92. The van der Waals surface area contributed by atoms with E-state index in [1.807, 2.05) is 24.3 Å². The first-order valence-corrected chi connectivity index (χ1v) is 8.68. The van der Waals surface area contributed by atoms with E-state index in [0.717, 1.165) is 49.5 Å². The summed E-state index contributed by atoms with van der Waals surface area (Å²) in [6.45, 7) is 5.07. The number of hydrogen-bond acceptors (Lipinski definition) is 4. The van der Waals surface area contributed by atoms with Gasteiger partial charge in [-0.05, 0) is 55.5 Å². The first-order valence-electron chi connectivity index (χ1n) is 8.31. The highest BCUT2D eigenvalue weighted by molar-refractivity contribution is 6.30. The van der Waals surface area contributed by atoms with Gasteiger partial charge in [0.15, 0.2) is 0 Å². The first kappa shape index (κ1) is 16.7. The van der Waals surface area contributed by atoms with Crippen molar-refractivity contribution in [2.75, 3.05) is 19.6 Å². The van der Waals surface area contributed by atoms with Crippen molar-refractivity contribution >= 4 is 17.5 Å². The number of hydrogen-bond donors (Lipinski definition) is 4. The van der Waals surface area contributed by atoms with E-state index in [4.69, 9.17) is 11.6 Å². The number of hydrazine groups is 1. The van der Waals surface area contributed by atoms with Crippen molar-refractivity contribution in [3.8, 4) is 0 Å². The first-order chi connectivity index (χ1) is 11.1. The molecule has 0 saturated carbocycles. The maximum absolute atomic E-state index is 12.4. The van der Waals surface area contributed by atoms with Crippen LogP contribution in [0.1, 0.15) is 37.8 Å². The average Bonchev–Trinajstić information content (AvgIpc) is 3.04. The zero-order chi connectivity index (χ0) is 16.3. The van der Waals surface area contributed by atoms with Crippen LogP contribution in [0.15, 0.2) is 24.3 Å². The van der Waals surface area contributed by atoms with Crippen molar-refractivity contribution in [1.29, 1.82) is 0 Å². The van der Waals surface area contributed by atoms with Gasteiger partial charge in [0.25, 0.3) is 0 Å². The lowest BCUT2D eigenvalue weighted by atomic mass is 9.81. The number of amides is 1. The van der Waals surface area contributed by atoms with Gasteiger partial charge < -0.3 is 10.6 Å². The Hall–Kier alpha value is -1.14. The van der Waals surface area contributed by atoms with E-state index in [9.17, 15) is 4.79 Å². The second-order valence-corrected chi connectivity index (χ2v) is 7.40. The third kappa shape index (κ3) is 4.23. The Kier molecular flexibility index (Phi) is 5.21. The van der Waals surface area contributed by atoms with Crippen LogP contribution in [0.2, 0.25) is 5.02 Å². The molecule has 2 heterocycles. The topological polar surface area (TPSA) is 65.2 Å². The van der Waals surface area contributed by atoms with Crippen LogP contribution in [0.5, 0.6) is 0 Å². The van der Waals surface area contributed by atoms with Crippen LogP contribution >= 0.6 is 11.6 Å². The lowest BCUT2D eigenvalue weighted by Crippen LogP contribution is -2.48. The molecule has 2 unspecified atom stereocenters. The Balaban J connectivity index is 1.50. The molecule has 2 saturated heterocycles. The van der Waals surface area contributed by atoms with E-state index in [1.54, 1.807) is 0 Å². The molecule has 0 radical (unpaired) electrons. The van der Waals surface area contributed by atoms with Crippen LogP contribution in [0.3, 0.4) is 0 Å². The highest BCUT2D eigenvalue weighted by Gasteiger charge is 2.32. The van der Waals surface area contributed by atoms with E-state index in [1.165, 1.54) is 0 Å². The highest BCUT2D eigenvalue weighted by atomic mass is 35.5. The largest absolute Gasteiger partial charge is 0.354 e. The predicted octanol–water partition coefficient (Wildman–Crippen LogP) is 1.75. The number of halogens is 1. The summed E-state index contributed by atoms with van der Waals surface area (Å²) < 4.78 is 0. The molecule has 1 aromatic carbocycles. The molecule has 5 nitrogen and oxygen atoms in total. The predicted molar refractivity (Wildman–Crippen MR) is 92.1 cm³/mol. The molecule has 6 heteroatoms. The highest BCUT2D eigenvalue weighted by Crippen LogP contribution is 2.27. The van der Waals surface area contributed by atoms with Crippen LogP contribution < -0.4 is 21.5 Å². The van der Waals surface area contributed by atoms with Gasteiger partial charge in [0, 0.05) is 17.6 Å². The van der Waals surface area contributed by atoms with Gasteiger partial charge in [-0.1, -0.05) is 30.7 Å². The van der Waals surface area contributed by atoms with Gasteiger partial charge in [-0.2, -0.15) is 0 Å². The van der Waals surface area contributed by atoms with Crippen LogP contribution in [0.25, 0.3) is 0 Å². The van der Waals surface area contributed by atoms with Gasteiger partial charge in [-0.3, -0.25) is 4.79 Å². The van der Waals surface area contributed by atoms with Crippen LogP contribution in [-0.2, 0) is 4.79 Å². The maximum atomic E-state index is 12.4. The third-order valence-corrected chi connectivity index (χ3v) is 5.24. The Morgan fingerprint density at radius 1 is 1.26 bits per heavy atom. The Bertz CT molecular complexity index is 542. The van der Waals surface area contributed by atoms with Crippen molar-refractivity contribution in [3.63, 3.8) is 0 Å². The molecular weight excluding hydrogens is 312 g/mol. The van der Waals surface area contributed by atoms with E-state index in [0.29, 0.717) is 0 Å². The second kappa shape index (κ2) is 7.18. The molecule has 23 heavy (non-hydrogen) atoms. The monoisotopic (exact) mass is 336 g/mol. The fourth-order valence-electron chi connectivity index (χ4n) is 3.27.